The van der Waals surface area contributed by atoms with E-state index in [4.69, 9.17) is 0 Å². The molecular formula is C38H42F2N6O6S. The monoisotopic (exact) mass is 748 g/mol. The number of anilines is 1. The smallest absolute Gasteiger partial charge is 0.387 e. The number of nitrogens with one attached hydrogen (secondary N) is 2. The number of halogens is 2. The fourth-order valence-corrected chi connectivity index (χ4v) is 8.01. The van der Waals surface area contributed by atoms with Crippen molar-refractivity contribution in [2.75, 3.05) is 18.4 Å². The molecule has 1 atom stereocenters. The van der Waals surface area contributed by atoms with Gasteiger partial charge in [0.05, 0.1) is 28.5 Å². The van der Waals surface area contributed by atoms with Crippen LogP contribution in [0.3, 0.4) is 0 Å². The second-order valence-electron chi connectivity index (χ2n) is 12.6. The number of aryl methyl sites for hydroxylation is 1. The molecule has 0 saturated heterocycles. The summed E-state index contributed by atoms with van der Waals surface area (Å²) in [5.74, 6) is -1.13. The van der Waals surface area contributed by atoms with Crippen molar-refractivity contribution >= 4 is 38.6 Å². The topological polar surface area (TPSA) is 156 Å². The molecule has 0 saturated carbocycles. The fourth-order valence-electron chi connectivity index (χ4n) is 6.20. The quantitative estimate of drug-likeness (QED) is 0.103. The Bertz CT molecular complexity index is 2220. The SMILES string of the molecule is CCCN(CCC)S(=O)(=O)c1ccccc1C(=O)Nc1cc(Cc2nc3c(ncn3C(CCCc3ccccc3)C(C)=O)c(=O)[nH]2)ccc1OC(F)F. The molecule has 2 heterocycles. The second kappa shape index (κ2) is 17.5. The number of Topliss-reactive ketones (excluding diaryl/α,β-unsaturated/α-hetero) is 1. The van der Waals surface area contributed by atoms with E-state index in [1.165, 1.54) is 60.0 Å². The van der Waals surface area contributed by atoms with E-state index in [9.17, 15) is 31.6 Å². The van der Waals surface area contributed by atoms with E-state index in [0.29, 0.717) is 31.2 Å². The molecule has 0 fully saturated rings. The molecular weight excluding hydrogens is 707 g/mol. The number of carbonyl (C=O) groups excluding carboxylic acids is 2. The minimum absolute atomic E-state index is 0.0130. The van der Waals surface area contributed by atoms with E-state index in [1.54, 1.807) is 4.57 Å². The van der Waals surface area contributed by atoms with Gasteiger partial charge in [-0.2, -0.15) is 13.1 Å². The van der Waals surface area contributed by atoms with Gasteiger partial charge >= 0.3 is 6.61 Å². The third kappa shape index (κ3) is 9.40. The van der Waals surface area contributed by atoms with E-state index in [0.717, 1.165) is 12.0 Å². The molecule has 280 valence electrons. The van der Waals surface area contributed by atoms with Crippen LogP contribution in [0.4, 0.5) is 14.5 Å². The van der Waals surface area contributed by atoms with Crippen molar-refractivity contribution in [1.29, 1.82) is 0 Å². The van der Waals surface area contributed by atoms with Crippen LogP contribution in [-0.4, -0.2) is 63.6 Å². The van der Waals surface area contributed by atoms with Crippen molar-refractivity contribution in [1.82, 2.24) is 23.8 Å². The summed E-state index contributed by atoms with van der Waals surface area (Å²) in [6.07, 6.45) is 4.51. The number of rotatable bonds is 18. The standard InChI is InChI=1S/C38H42F2N6O6S/c1-4-20-45(21-5-2)53(50,51)32-17-10-9-15-28(32)36(48)42-29-22-27(18-19-31(29)52-38(39)40)23-33-43-35-34(37(49)44-33)41-24-46(35)30(25(3)47)16-11-14-26-12-7-6-8-13-26/h6-10,12-13,15,17-19,22,24,30,38H,4-5,11,14,16,20-21,23H2,1-3H3,(H,42,48)(H,43,44,49). The van der Waals surface area contributed by atoms with E-state index in [2.05, 4.69) is 25.0 Å². The molecule has 0 radical (unpaired) electrons. The Kier molecular flexibility index (Phi) is 12.9. The summed E-state index contributed by atoms with van der Waals surface area (Å²) in [5, 5.41) is 2.55. The lowest BCUT2D eigenvalue weighted by Gasteiger charge is -2.22. The molecule has 0 aliphatic heterocycles. The van der Waals surface area contributed by atoms with Crippen LogP contribution < -0.4 is 15.6 Å². The zero-order chi connectivity index (χ0) is 38.1. The minimum Gasteiger partial charge on any atom is -0.433 e. The van der Waals surface area contributed by atoms with Gasteiger partial charge in [-0.15, -0.1) is 0 Å². The summed E-state index contributed by atoms with van der Waals surface area (Å²) in [7, 11) is -4.07. The number of H-pyrrole nitrogens is 1. The van der Waals surface area contributed by atoms with Gasteiger partial charge < -0.3 is 19.6 Å². The first-order valence-corrected chi connectivity index (χ1v) is 18.8. The van der Waals surface area contributed by atoms with Gasteiger partial charge in [-0.25, -0.2) is 18.4 Å². The van der Waals surface area contributed by atoms with Gasteiger partial charge in [0.1, 0.15) is 11.6 Å². The number of benzene rings is 3. The van der Waals surface area contributed by atoms with Crippen LogP contribution in [-0.2, 0) is 27.7 Å². The van der Waals surface area contributed by atoms with Crippen LogP contribution in [0.5, 0.6) is 5.75 Å². The first-order chi connectivity index (χ1) is 25.4. The van der Waals surface area contributed by atoms with Gasteiger partial charge in [0, 0.05) is 19.5 Å². The van der Waals surface area contributed by atoms with Gasteiger partial charge in [-0.1, -0.05) is 62.4 Å². The van der Waals surface area contributed by atoms with Crippen LogP contribution >= 0.6 is 0 Å². The summed E-state index contributed by atoms with van der Waals surface area (Å²) >= 11 is 0. The van der Waals surface area contributed by atoms with Crippen molar-refractivity contribution in [3.63, 3.8) is 0 Å². The predicted molar refractivity (Wildman–Crippen MR) is 197 cm³/mol. The number of aromatic nitrogens is 4. The van der Waals surface area contributed by atoms with Gasteiger partial charge in [-0.3, -0.25) is 14.4 Å². The average Bonchev–Trinajstić information content (AvgIpc) is 3.55. The van der Waals surface area contributed by atoms with Gasteiger partial charge in [0.15, 0.2) is 16.9 Å². The molecule has 5 aromatic rings. The molecule has 53 heavy (non-hydrogen) atoms. The van der Waals surface area contributed by atoms with Crippen LogP contribution in [0.1, 0.15) is 79.8 Å². The molecule has 12 nitrogen and oxygen atoms in total. The lowest BCUT2D eigenvalue weighted by Crippen LogP contribution is -2.34. The lowest BCUT2D eigenvalue weighted by atomic mass is 10.0. The number of alkyl halides is 2. The highest BCUT2D eigenvalue weighted by Crippen LogP contribution is 2.30. The highest BCUT2D eigenvalue weighted by molar-refractivity contribution is 7.89. The van der Waals surface area contributed by atoms with Crippen molar-refractivity contribution in [2.24, 2.45) is 0 Å². The summed E-state index contributed by atoms with van der Waals surface area (Å²) < 4.78 is 61.8. The Balaban J connectivity index is 1.44. The largest absolute Gasteiger partial charge is 0.433 e. The van der Waals surface area contributed by atoms with E-state index < -0.39 is 34.1 Å². The first-order valence-electron chi connectivity index (χ1n) is 17.4. The van der Waals surface area contributed by atoms with Crippen molar-refractivity contribution < 1.29 is 31.5 Å². The van der Waals surface area contributed by atoms with E-state index in [-0.39, 0.29) is 64.2 Å². The lowest BCUT2D eigenvalue weighted by molar-refractivity contribution is -0.120. The number of carbonyl (C=O) groups is 2. The van der Waals surface area contributed by atoms with Crippen LogP contribution in [0.2, 0.25) is 0 Å². The Morgan fingerprint density at radius 2 is 1.68 bits per heavy atom. The number of imidazole rings is 1. The summed E-state index contributed by atoms with van der Waals surface area (Å²) in [5.41, 5.74) is 1.00. The molecule has 2 N–H and O–H groups in total. The maximum absolute atomic E-state index is 13.7. The third-order valence-electron chi connectivity index (χ3n) is 8.65. The Morgan fingerprint density at radius 3 is 2.36 bits per heavy atom. The minimum atomic E-state index is -4.07. The van der Waals surface area contributed by atoms with E-state index >= 15 is 0 Å². The normalized spacial score (nSPS) is 12.4. The van der Waals surface area contributed by atoms with Gasteiger partial charge in [0.2, 0.25) is 10.0 Å². The fraction of sp³-hybridized carbons (Fsp3) is 0.342. The molecule has 0 aliphatic rings. The molecule has 2 aromatic heterocycles. The van der Waals surface area contributed by atoms with Crippen LogP contribution in [0.15, 0.2) is 88.8 Å². The number of fused-ring (bicyclic) bond motifs is 1. The molecule has 1 amide bonds. The zero-order valence-corrected chi connectivity index (χ0v) is 30.5. The summed E-state index contributed by atoms with van der Waals surface area (Å²) in [4.78, 5) is 50.9. The van der Waals surface area contributed by atoms with Crippen molar-refractivity contribution in [2.45, 2.75) is 76.8 Å². The van der Waals surface area contributed by atoms with E-state index in [1.807, 2.05) is 44.2 Å². The van der Waals surface area contributed by atoms with Crippen LogP contribution in [0, 0.1) is 0 Å². The first kappa shape index (κ1) is 38.9. The number of ether oxygens (including phenoxy) is 1. The maximum Gasteiger partial charge on any atom is 0.387 e. The molecule has 0 spiro atoms. The molecule has 5 rings (SSSR count). The van der Waals surface area contributed by atoms with Gasteiger partial charge in [-0.05, 0) is 74.4 Å². The number of hydrogen-bond acceptors (Lipinski definition) is 8. The van der Waals surface area contributed by atoms with Crippen molar-refractivity contribution in [3.8, 4) is 5.75 Å². The maximum atomic E-state index is 13.7. The Labute approximate surface area is 306 Å². The predicted octanol–water partition coefficient (Wildman–Crippen LogP) is 6.53. The molecule has 0 aliphatic carbocycles. The average molecular weight is 749 g/mol. The number of amides is 1. The van der Waals surface area contributed by atoms with Crippen molar-refractivity contribution in [3.05, 3.63) is 112 Å². The third-order valence-corrected chi connectivity index (χ3v) is 10.6. The zero-order valence-electron chi connectivity index (χ0n) is 29.7. The summed E-state index contributed by atoms with van der Waals surface area (Å²) in [6, 6.07) is 19.1. The molecule has 1 unspecified atom stereocenters. The van der Waals surface area contributed by atoms with Gasteiger partial charge in [0.25, 0.3) is 11.5 Å². The number of hydrogen-bond donors (Lipinski definition) is 2. The second-order valence-corrected chi connectivity index (χ2v) is 14.5. The Hall–Kier alpha value is -5.28. The number of nitrogens with zero attached hydrogens (tertiary/aromatic N) is 4. The Morgan fingerprint density at radius 1 is 0.981 bits per heavy atom. The molecule has 3 aromatic carbocycles. The number of ketones is 1. The van der Waals surface area contributed by atoms with Crippen LogP contribution in [0.25, 0.3) is 11.2 Å². The highest BCUT2D eigenvalue weighted by atomic mass is 32.2. The number of aromatic amines is 1. The number of sulfonamides is 1. The molecule has 15 heteroatoms. The highest BCUT2D eigenvalue weighted by Gasteiger charge is 2.29. The molecule has 0 bridgehead atoms. The summed E-state index contributed by atoms with van der Waals surface area (Å²) in [6.45, 7) is 2.47.